The summed E-state index contributed by atoms with van der Waals surface area (Å²) in [6.45, 7) is 2.75. The molecule has 0 aliphatic rings. The Morgan fingerprint density at radius 3 is 2.63 bits per heavy atom. The summed E-state index contributed by atoms with van der Waals surface area (Å²) in [6.07, 6.45) is 1.63. The fraction of sp³-hybridized carbons (Fsp3) is 0.158. The quantitative estimate of drug-likeness (QED) is 0.565. The van der Waals surface area contributed by atoms with Gasteiger partial charge in [-0.25, -0.2) is 0 Å². The molecule has 0 atom stereocenters. The Morgan fingerprint density at radius 1 is 1.11 bits per heavy atom. The van der Waals surface area contributed by atoms with Gasteiger partial charge in [0.15, 0.2) is 5.82 Å². The van der Waals surface area contributed by atoms with Crippen LogP contribution in [-0.2, 0) is 6.54 Å². The van der Waals surface area contributed by atoms with Gasteiger partial charge in [0, 0.05) is 6.20 Å². The van der Waals surface area contributed by atoms with Crippen LogP contribution in [0.15, 0.2) is 48.7 Å². The molecule has 0 fully saturated rings. The van der Waals surface area contributed by atoms with E-state index in [4.69, 9.17) is 39.5 Å². The molecule has 27 heavy (non-hydrogen) atoms. The number of rotatable bonds is 6. The molecule has 2 aromatic carbocycles. The molecule has 0 radical (unpaired) electrons. The van der Waals surface area contributed by atoms with Gasteiger partial charge in [-0.3, -0.25) is 9.48 Å². The first-order valence-electron chi connectivity index (χ1n) is 8.18. The van der Waals surface area contributed by atoms with Gasteiger partial charge >= 0.3 is 0 Å². The number of benzene rings is 2. The van der Waals surface area contributed by atoms with Crippen LogP contribution in [0.2, 0.25) is 15.1 Å². The van der Waals surface area contributed by atoms with E-state index >= 15 is 0 Å². The van der Waals surface area contributed by atoms with Crippen LogP contribution in [0.3, 0.4) is 0 Å². The minimum Gasteiger partial charge on any atom is -0.493 e. The molecule has 0 bridgehead atoms. The zero-order valence-corrected chi connectivity index (χ0v) is 16.6. The van der Waals surface area contributed by atoms with Crippen LogP contribution >= 0.6 is 34.8 Å². The van der Waals surface area contributed by atoms with Gasteiger partial charge in [0.2, 0.25) is 0 Å². The van der Waals surface area contributed by atoms with Crippen LogP contribution in [0, 0.1) is 0 Å². The summed E-state index contributed by atoms with van der Waals surface area (Å²) in [5, 5.41) is 8.34. The molecule has 1 N–H and O–H groups in total. The summed E-state index contributed by atoms with van der Waals surface area (Å²) < 4.78 is 7.11. The maximum Gasteiger partial charge on any atom is 0.260 e. The molecule has 3 rings (SSSR count). The number of aromatic nitrogens is 2. The molecule has 8 heteroatoms. The van der Waals surface area contributed by atoms with E-state index in [0.29, 0.717) is 39.5 Å². The molecular formula is C19H16Cl3N3O2. The molecule has 0 unspecified atom stereocenters. The van der Waals surface area contributed by atoms with Crippen molar-refractivity contribution in [1.29, 1.82) is 0 Å². The van der Waals surface area contributed by atoms with E-state index in [1.165, 1.54) is 0 Å². The standard InChI is InChI=1S/C19H16Cl3N3O2/c1-2-27-17-6-4-3-5-13(17)19(26)23-18-16(22)11-25(24-18)10-12-7-8-14(20)15(21)9-12/h3-9,11H,2,10H2,1H3,(H,23,24,26). The fourth-order valence-electron chi connectivity index (χ4n) is 2.50. The highest BCUT2D eigenvalue weighted by Gasteiger charge is 2.16. The number of carbonyl (C=O) groups excluding carboxylic acids is 1. The molecule has 5 nitrogen and oxygen atoms in total. The van der Waals surface area contributed by atoms with E-state index in [1.54, 1.807) is 47.3 Å². The summed E-state index contributed by atoms with van der Waals surface area (Å²) in [6, 6.07) is 12.3. The average molecular weight is 425 g/mol. The van der Waals surface area contributed by atoms with Crippen LogP contribution in [0.1, 0.15) is 22.8 Å². The van der Waals surface area contributed by atoms with Gasteiger partial charge in [-0.1, -0.05) is 53.0 Å². The number of carbonyl (C=O) groups is 1. The summed E-state index contributed by atoms with van der Waals surface area (Å²) in [5.74, 6) is 0.428. The third-order valence-electron chi connectivity index (χ3n) is 3.71. The number of hydrogen-bond donors (Lipinski definition) is 1. The van der Waals surface area contributed by atoms with Crippen molar-refractivity contribution in [2.45, 2.75) is 13.5 Å². The smallest absolute Gasteiger partial charge is 0.260 e. The molecule has 0 saturated heterocycles. The van der Waals surface area contributed by atoms with Crippen molar-refractivity contribution in [1.82, 2.24) is 9.78 Å². The van der Waals surface area contributed by atoms with Gasteiger partial charge in [0.1, 0.15) is 10.8 Å². The lowest BCUT2D eigenvalue weighted by molar-refractivity contribution is 0.102. The Balaban J connectivity index is 1.76. The minimum absolute atomic E-state index is 0.271. The molecule has 3 aromatic rings. The Morgan fingerprint density at radius 2 is 1.89 bits per heavy atom. The molecule has 0 aliphatic heterocycles. The third-order valence-corrected chi connectivity index (χ3v) is 4.72. The Labute approximate surface area is 171 Å². The van der Waals surface area contributed by atoms with Crippen LogP contribution in [0.5, 0.6) is 5.75 Å². The van der Waals surface area contributed by atoms with Gasteiger partial charge < -0.3 is 10.1 Å². The van der Waals surface area contributed by atoms with Gasteiger partial charge in [-0.15, -0.1) is 0 Å². The number of amides is 1. The number of hydrogen-bond acceptors (Lipinski definition) is 3. The highest BCUT2D eigenvalue weighted by molar-refractivity contribution is 6.42. The maximum atomic E-state index is 12.6. The van der Waals surface area contributed by atoms with Crippen molar-refractivity contribution < 1.29 is 9.53 Å². The van der Waals surface area contributed by atoms with Crippen molar-refractivity contribution in [3.05, 3.63) is 74.9 Å². The van der Waals surface area contributed by atoms with Gasteiger partial charge in [0.25, 0.3) is 5.91 Å². The normalized spacial score (nSPS) is 10.7. The summed E-state index contributed by atoms with van der Waals surface area (Å²) in [4.78, 5) is 12.6. The Bertz CT molecular complexity index is 973. The summed E-state index contributed by atoms with van der Waals surface area (Å²) >= 11 is 18.2. The molecular weight excluding hydrogens is 409 g/mol. The number of nitrogens with zero attached hydrogens (tertiary/aromatic N) is 2. The topological polar surface area (TPSA) is 56.1 Å². The first kappa shape index (κ1) is 19.5. The second-order valence-electron chi connectivity index (χ2n) is 5.65. The minimum atomic E-state index is -0.347. The van der Waals surface area contributed by atoms with Crippen molar-refractivity contribution in [2.75, 3.05) is 11.9 Å². The monoisotopic (exact) mass is 423 g/mol. The lowest BCUT2D eigenvalue weighted by Crippen LogP contribution is -2.14. The van der Waals surface area contributed by atoms with E-state index in [1.807, 2.05) is 13.0 Å². The number of anilines is 1. The van der Waals surface area contributed by atoms with Crippen LogP contribution in [-0.4, -0.2) is 22.3 Å². The highest BCUT2D eigenvalue weighted by Crippen LogP contribution is 2.25. The number of nitrogens with one attached hydrogen (secondary N) is 1. The van der Waals surface area contributed by atoms with E-state index in [2.05, 4.69) is 10.4 Å². The lowest BCUT2D eigenvalue weighted by Gasteiger charge is -2.09. The predicted molar refractivity (Wildman–Crippen MR) is 108 cm³/mol. The molecule has 1 heterocycles. The molecule has 1 amide bonds. The molecule has 140 valence electrons. The fourth-order valence-corrected chi connectivity index (χ4v) is 3.02. The third kappa shape index (κ3) is 4.75. The number of para-hydroxylation sites is 1. The van der Waals surface area contributed by atoms with E-state index in [-0.39, 0.29) is 11.7 Å². The first-order chi connectivity index (χ1) is 13.0. The number of halogens is 3. The molecule has 1 aromatic heterocycles. The second kappa shape index (κ2) is 8.65. The maximum absolute atomic E-state index is 12.6. The van der Waals surface area contributed by atoms with Crippen LogP contribution in [0.4, 0.5) is 5.82 Å². The molecule has 0 saturated carbocycles. The van der Waals surface area contributed by atoms with E-state index in [9.17, 15) is 4.79 Å². The molecule has 0 spiro atoms. The second-order valence-corrected chi connectivity index (χ2v) is 6.88. The van der Waals surface area contributed by atoms with Crippen LogP contribution < -0.4 is 10.1 Å². The molecule has 0 aliphatic carbocycles. The largest absolute Gasteiger partial charge is 0.493 e. The van der Waals surface area contributed by atoms with E-state index < -0.39 is 0 Å². The van der Waals surface area contributed by atoms with Crippen molar-refractivity contribution in [3.63, 3.8) is 0 Å². The van der Waals surface area contributed by atoms with Gasteiger partial charge in [-0.05, 0) is 36.8 Å². The van der Waals surface area contributed by atoms with E-state index in [0.717, 1.165) is 5.56 Å². The van der Waals surface area contributed by atoms with Gasteiger partial charge in [-0.2, -0.15) is 5.10 Å². The predicted octanol–water partition coefficient (Wildman–Crippen LogP) is 5.54. The Hall–Kier alpha value is -2.21. The van der Waals surface area contributed by atoms with Crippen molar-refractivity contribution in [2.24, 2.45) is 0 Å². The average Bonchev–Trinajstić information content (AvgIpc) is 2.98. The summed E-state index contributed by atoms with van der Waals surface area (Å²) in [7, 11) is 0. The SMILES string of the molecule is CCOc1ccccc1C(=O)Nc1nn(Cc2ccc(Cl)c(Cl)c2)cc1Cl. The zero-order valence-electron chi connectivity index (χ0n) is 14.4. The van der Waals surface area contributed by atoms with Crippen molar-refractivity contribution in [3.8, 4) is 5.75 Å². The van der Waals surface area contributed by atoms with Crippen LogP contribution in [0.25, 0.3) is 0 Å². The highest BCUT2D eigenvalue weighted by atomic mass is 35.5. The van der Waals surface area contributed by atoms with Gasteiger partial charge in [0.05, 0.1) is 28.8 Å². The summed E-state index contributed by atoms with van der Waals surface area (Å²) in [5.41, 5.74) is 1.32. The zero-order chi connectivity index (χ0) is 19.4. The lowest BCUT2D eigenvalue weighted by atomic mass is 10.2. The Kier molecular flexibility index (Phi) is 6.26. The first-order valence-corrected chi connectivity index (χ1v) is 9.31. The van der Waals surface area contributed by atoms with Crippen molar-refractivity contribution >= 4 is 46.5 Å². The number of ether oxygens (including phenoxy) is 1.